The van der Waals surface area contributed by atoms with Crippen LogP contribution in [0.2, 0.25) is 0 Å². The molecule has 0 bridgehead atoms. The van der Waals surface area contributed by atoms with E-state index in [0.717, 1.165) is 43.1 Å². The topological polar surface area (TPSA) is 60.2 Å². The van der Waals surface area contributed by atoms with Gasteiger partial charge in [-0.3, -0.25) is 0 Å². The Balaban J connectivity index is 2.00. The van der Waals surface area contributed by atoms with E-state index in [1.54, 1.807) is 6.20 Å². The summed E-state index contributed by atoms with van der Waals surface area (Å²) in [5.41, 5.74) is 7.61. The Morgan fingerprint density at radius 1 is 1.60 bits per heavy atom. The van der Waals surface area contributed by atoms with Gasteiger partial charge in [0.2, 0.25) is 0 Å². The van der Waals surface area contributed by atoms with Crippen LogP contribution in [-0.2, 0) is 4.74 Å². The van der Waals surface area contributed by atoms with Gasteiger partial charge in [0, 0.05) is 24.6 Å². The molecule has 1 aliphatic rings. The van der Waals surface area contributed by atoms with Crippen LogP contribution in [0.25, 0.3) is 0 Å². The predicted octanol–water partition coefficient (Wildman–Crippen LogP) is 1.56. The zero-order valence-electron chi connectivity index (χ0n) is 8.99. The molecule has 1 aromatic rings. The van der Waals surface area contributed by atoms with E-state index in [4.69, 9.17) is 10.5 Å². The number of nitrogen functional groups attached to an aromatic ring is 1. The molecule has 0 aliphatic carbocycles. The first-order valence-electron chi connectivity index (χ1n) is 5.32. The van der Waals surface area contributed by atoms with E-state index in [-0.39, 0.29) is 0 Å². The summed E-state index contributed by atoms with van der Waals surface area (Å²) in [6, 6.07) is 2.25. The lowest BCUT2D eigenvalue weighted by Crippen LogP contribution is -2.30. The van der Waals surface area contributed by atoms with Crippen molar-refractivity contribution in [2.45, 2.75) is 25.8 Å². The molecule has 1 aliphatic heterocycles. The summed E-state index contributed by atoms with van der Waals surface area (Å²) in [7, 11) is 0. The molecule has 0 aromatic carbocycles. The molecule has 0 radical (unpaired) electrons. The molecule has 1 aromatic heterocycles. The summed E-state index contributed by atoms with van der Waals surface area (Å²) in [5.74, 6) is 0.841. The lowest BCUT2D eigenvalue weighted by Gasteiger charge is -2.23. The normalized spacial score (nSPS) is 21.3. The number of hydrogen-bond acceptors (Lipinski definition) is 4. The van der Waals surface area contributed by atoms with E-state index in [9.17, 15) is 0 Å². The van der Waals surface area contributed by atoms with Crippen LogP contribution < -0.4 is 11.1 Å². The van der Waals surface area contributed by atoms with Crippen LogP contribution in [0.5, 0.6) is 0 Å². The van der Waals surface area contributed by atoms with Crippen molar-refractivity contribution < 1.29 is 4.74 Å². The molecule has 3 N–H and O–H groups in total. The van der Waals surface area contributed by atoms with Crippen LogP contribution in [0.4, 0.5) is 11.5 Å². The molecule has 15 heavy (non-hydrogen) atoms. The van der Waals surface area contributed by atoms with Gasteiger partial charge in [-0.1, -0.05) is 0 Å². The molecule has 0 saturated carbocycles. The number of ether oxygens (including phenoxy) is 1. The van der Waals surface area contributed by atoms with Crippen LogP contribution in [0, 0.1) is 6.92 Å². The highest BCUT2D eigenvalue weighted by atomic mass is 16.5. The Labute approximate surface area is 89.8 Å². The number of aromatic nitrogens is 1. The fourth-order valence-corrected chi connectivity index (χ4v) is 1.68. The zero-order valence-corrected chi connectivity index (χ0v) is 8.99. The number of anilines is 2. The number of pyridine rings is 1. The Morgan fingerprint density at radius 2 is 2.47 bits per heavy atom. The van der Waals surface area contributed by atoms with Crippen molar-refractivity contribution in [3.05, 3.63) is 17.8 Å². The van der Waals surface area contributed by atoms with Gasteiger partial charge < -0.3 is 15.8 Å². The maximum atomic E-state index is 5.81. The molecule has 1 unspecified atom stereocenters. The van der Waals surface area contributed by atoms with E-state index < -0.39 is 0 Å². The summed E-state index contributed by atoms with van der Waals surface area (Å²) in [5, 5.41) is 3.33. The number of nitrogens with one attached hydrogen (secondary N) is 1. The zero-order chi connectivity index (χ0) is 10.7. The second-order valence-corrected chi connectivity index (χ2v) is 3.98. The van der Waals surface area contributed by atoms with Gasteiger partial charge in [-0.2, -0.15) is 0 Å². The van der Waals surface area contributed by atoms with E-state index >= 15 is 0 Å². The van der Waals surface area contributed by atoms with Crippen LogP contribution in [0.15, 0.2) is 12.3 Å². The van der Waals surface area contributed by atoms with Gasteiger partial charge in [-0.25, -0.2) is 4.98 Å². The summed E-state index contributed by atoms with van der Waals surface area (Å²) in [4.78, 5) is 4.29. The minimum atomic E-state index is 0.369. The fraction of sp³-hybridized carbons (Fsp3) is 0.545. The van der Waals surface area contributed by atoms with E-state index in [2.05, 4.69) is 10.3 Å². The van der Waals surface area contributed by atoms with E-state index in [0.29, 0.717) is 6.04 Å². The van der Waals surface area contributed by atoms with Gasteiger partial charge >= 0.3 is 0 Å². The van der Waals surface area contributed by atoms with Crippen molar-refractivity contribution in [3.8, 4) is 0 Å². The van der Waals surface area contributed by atoms with Crippen molar-refractivity contribution >= 4 is 11.5 Å². The summed E-state index contributed by atoms with van der Waals surface area (Å²) < 4.78 is 5.39. The first-order valence-corrected chi connectivity index (χ1v) is 5.32. The standard InChI is InChI=1S/C11H17N3O/c1-8-6-13-11(5-10(8)12)14-9-3-2-4-15-7-9/h5-6,9H,2-4,7H2,1H3,(H3,12,13,14). The van der Waals surface area contributed by atoms with Crippen molar-refractivity contribution in [2.75, 3.05) is 24.3 Å². The Bertz CT molecular complexity index is 335. The highest BCUT2D eigenvalue weighted by Crippen LogP contribution is 2.16. The number of nitrogens with zero attached hydrogens (tertiary/aromatic N) is 1. The molecule has 0 spiro atoms. The number of nitrogens with two attached hydrogens (primary N) is 1. The van der Waals surface area contributed by atoms with E-state index in [1.807, 2.05) is 13.0 Å². The predicted molar refractivity (Wildman–Crippen MR) is 60.9 cm³/mol. The monoisotopic (exact) mass is 207 g/mol. The highest BCUT2D eigenvalue weighted by Gasteiger charge is 2.13. The van der Waals surface area contributed by atoms with Crippen molar-refractivity contribution in [1.29, 1.82) is 0 Å². The first kappa shape index (κ1) is 10.2. The SMILES string of the molecule is Cc1cnc(NC2CCCOC2)cc1N. The van der Waals surface area contributed by atoms with Crippen LogP contribution in [-0.4, -0.2) is 24.2 Å². The first-order chi connectivity index (χ1) is 7.25. The Hall–Kier alpha value is -1.29. The molecule has 2 rings (SSSR count). The molecule has 4 nitrogen and oxygen atoms in total. The highest BCUT2D eigenvalue weighted by molar-refractivity contribution is 5.53. The third-order valence-electron chi connectivity index (χ3n) is 2.66. The molecular weight excluding hydrogens is 190 g/mol. The van der Waals surface area contributed by atoms with Gasteiger partial charge in [0.1, 0.15) is 5.82 Å². The smallest absolute Gasteiger partial charge is 0.128 e. The Kier molecular flexibility index (Phi) is 3.06. The molecule has 4 heteroatoms. The van der Waals surface area contributed by atoms with Crippen LogP contribution in [0.3, 0.4) is 0 Å². The largest absolute Gasteiger partial charge is 0.398 e. The van der Waals surface area contributed by atoms with Gasteiger partial charge in [0.05, 0.1) is 12.6 Å². The quantitative estimate of drug-likeness (QED) is 0.772. The minimum Gasteiger partial charge on any atom is -0.398 e. The summed E-state index contributed by atoms with van der Waals surface area (Å²) in [6.07, 6.45) is 4.04. The number of aryl methyl sites for hydroxylation is 1. The van der Waals surface area contributed by atoms with Crippen LogP contribution in [0.1, 0.15) is 18.4 Å². The molecule has 2 heterocycles. The second-order valence-electron chi connectivity index (χ2n) is 3.98. The molecular formula is C11H17N3O. The lowest BCUT2D eigenvalue weighted by molar-refractivity contribution is 0.0875. The summed E-state index contributed by atoms with van der Waals surface area (Å²) >= 11 is 0. The fourth-order valence-electron chi connectivity index (χ4n) is 1.68. The third kappa shape index (κ3) is 2.59. The number of rotatable bonds is 2. The molecule has 1 atom stereocenters. The maximum Gasteiger partial charge on any atom is 0.128 e. The van der Waals surface area contributed by atoms with Gasteiger partial charge in [-0.05, 0) is 25.3 Å². The van der Waals surface area contributed by atoms with Gasteiger partial charge in [0.25, 0.3) is 0 Å². The lowest BCUT2D eigenvalue weighted by atomic mass is 10.1. The molecule has 0 amide bonds. The maximum absolute atomic E-state index is 5.81. The average Bonchev–Trinajstić information content (AvgIpc) is 2.25. The van der Waals surface area contributed by atoms with Gasteiger partial charge in [0.15, 0.2) is 0 Å². The van der Waals surface area contributed by atoms with E-state index in [1.165, 1.54) is 0 Å². The molecule has 1 saturated heterocycles. The average molecular weight is 207 g/mol. The third-order valence-corrected chi connectivity index (χ3v) is 2.66. The molecule has 82 valence electrons. The second kappa shape index (κ2) is 4.49. The minimum absolute atomic E-state index is 0.369. The van der Waals surface area contributed by atoms with Crippen LogP contribution >= 0.6 is 0 Å². The van der Waals surface area contributed by atoms with Gasteiger partial charge in [-0.15, -0.1) is 0 Å². The number of hydrogen-bond donors (Lipinski definition) is 2. The van der Waals surface area contributed by atoms with Crippen molar-refractivity contribution in [1.82, 2.24) is 4.98 Å². The Morgan fingerprint density at radius 3 is 3.13 bits per heavy atom. The van der Waals surface area contributed by atoms with Crippen molar-refractivity contribution in [2.24, 2.45) is 0 Å². The molecule has 1 fully saturated rings. The summed E-state index contributed by atoms with van der Waals surface area (Å²) in [6.45, 7) is 3.59. The van der Waals surface area contributed by atoms with Crippen molar-refractivity contribution in [3.63, 3.8) is 0 Å².